The summed E-state index contributed by atoms with van der Waals surface area (Å²) >= 11 is 0. The van der Waals surface area contributed by atoms with E-state index in [1.54, 1.807) is 10.9 Å². The summed E-state index contributed by atoms with van der Waals surface area (Å²) in [4.78, 5) is 28.0. The van der Waals surface area contributed by atoms with E-state index in [9.17, 15) is 4.79 Å². The summed E-state index contributed by atoms with van der Waals surface area (Å²) in [5.74, 6) is 6.60. The first-order chi connectivity index (χ1) is 21.0. The highest BCUT2D eigenvalue weighted by atomic mass is 16.1. The number of terminal acetylenes is 2. The van der Waals surface area contributed by atoms with Crippen LogP contribution in [0, 0.1) is 36.5 Å². The Hall–Kier alpha value is -4.75. The Morgan fingerprint density at radius 3 is 2.51 bits per heavy atom. The van der Waals surface area contributed by atoms with E-state index in [1.165, 1.54) is 0 Å². The van der Waals surface area contributed by atoms with Gasteiger partial charge in [-0.1, -0.05) is 42.3 Å². The fourth-order valence-corrected chi connectivity index (χ4v) is 6.02. The highest BCUT2D eigenvalue weighted by Crippen LogP contribution is 2.39. The Morgan fingerprint density at radius 1 is 1.02 bits per heavy atom. The van der Waals surface area contributed by atoms with Crippen LogP contribution < -0.4 is 5.32 Å². The van der Waals surface area contributed by atoms with Crippen molar-refractivity contribution < 1.29 is 4.79 Å². The van der Waals surface area contributed by atoms with Gasteiger partial charge in [0, 0.05) is 56.2 Å². The fraction of sp³-hybridized carbons (Fsp3) is 0.361. The van der Waals surface area contributed by atoms with E-state index in [2.05, 4.69) is 27.2 Å². The van der Waals surface area contributed by atoms with Gasteiger partial charge in [-0.05, 0) is 62.0 Å². The molecule has 1 saturated carbocycles. The number of nitrogens with zero attached hydrogens (tertiary/aromatic N) is 5. The van der Waals surface area contributed by atoms with Crippen molar-refractivity contribution in [2.45, 2.75) is 63.8 Å². The third kappa shape index (κ3) is 7.76. The minimum absolute atomic E-state index is 0.0266. The van der Waals surface area contributed by atoms with Crippen LogP contribution in [0.3, 0.4) is 0 Å². The number of carbonyl (C=O) groups excluding carboxylic acids is 1. The molecule has 218 valence electrons. The first-order valence-corrected chi connectivity index (χ1v) is 15.1. The van der Waals surface area contributed by atoms with Crippen LogP contribution in [0.2, 0.25) is 0 Å². The Kier molecular flexibility index (Phi) is 9.97. The highest BCUT2D eigenvalue weighted by molar-refractivity contribution is 5.83. The molecule has 1 aliphatic carbocycles. The molecule has 43 heavy (non-hydrogen) atoms. The monoisotopic (exact) mass is 570 g/mol. The molecule has 1 unspecified atom stereocenters. The lowest BCUT2D eigenvalue weighted by Crippen LogP contribution is -2.35. The van der Waals surface area contributed by atoms with E-state index in [0.29, 0.717) is 18.9 Å². The van der Waals surface area contributed by atoms with Crippen molar-refractivity contribution in [1.82, 2.24) is 30.0 Å². The van der Waals surface area contributed by atoms with Crippen LogP contribution in [-0.2, 0) is 31.2 Å². The van der Waals surface area contributed by atoms with Gasteiger partial charge in [0.2, 0.25) is 5.91 Å². The average Bonchev–Trinajstić information content (AvgIpc) is 3.48. The van der Waals surface area contributed by atoms with Gasteiger partial charge in [-0.2, -0.15) is 5.10 Å². The van der Waals surface area contributed by atoms with Crippen LogP contribution in [0.5, 0.6) is 0 Å². The van der Waals surface area contributed by atoms with E-state index in [4.69, 9.17) is 22.8 Å². The lowest BCUT2D eigenvalue weighted by Gasteiger charge is -2.33. The second-order valence-electron chi connectivity index (χ2n) is 11.4. The van der Waals surface area contributed by atoms with Gasteiger partial charge < -0.3 is 5.32 Å². The number of unbranched alkanes of at least 4 members (excludes halogenated alkanes) is 1. The molecule has 3 heterocycles. The van der Waals surface area contributed by atoms with Crippen LogP contribution in [0.25, 0.3) is 11.1 Å². The molecule has 7 heteroatoms. The van der Waals surface area contributed by atoms with Crippen molar-refractivity contribution in [3.8, 4) is 35.8 Å². The Labute approximate surface area is 254 Å². The van der Waals surface area contributed by atoms with E-state index in [-0.39, 0.29) is 17.7 Å². The summed E-state index contributed by atoms with van der Waals surface area (Å²) in [6.07, 6.45) is 25.6. The van der Waals surface area contributed by atoms with Crippen LogP contribution in [0.4, 0.5) is 0 Å². The van der Waals surface area contributed by atoms with Gasteiger partial charge in [-0.25, -0.2) is 9.97 Å². The number of nitrogens with one attached hydrogen (secondary N) is 1. The summed E-state index contributed by atoms with van der Waals surface area (Å²) in [5, 5.41) is 7.47. The van der Waals surface area contributed by atoms with Crippen LogP contribution in [-0.4, -0.2) is 30.6 Å². The van der Waals surface area contributed by atoms with Crippen molar-refractivity contribution in [1.29, 1.82) is 0 Å². The van der Waals surface area contributed by atoms with Crippen LogP contribution in [0.15, 0.2) is 67.3 Å². The molecule has 1 N–H and O–H groups in total. The van der Waals surface area contributed by atoms with Crippen molar-refractivity contribution in [2.75, 3.05) is 0 Å². The van der Waals surface area contributed by atoms with Crippen molar-refractivity contribution >= 4 is 5.91 Å². The van der Waals surface area contributed by atoms with E-state index in [1.807, 2.05) is 68.1 Å². The zero-order valence-corrected chi connectivity index (χ0v) is 24.7. The molecule has 3 aromatic heterocycles. The first-order valence-electron chi connectivity index (χ1n) is 15.1. The summed E-state index contributed by atoms with van der Waals surface area (Å²) in [5.41, 5.74) is 5.53. The van der Waals surface area contributed by atoms with Gasteiger partial charge in [-0.15, -0.1) is 18.8 Å². The molecule has 1 fully saturated rings. The zero-order valence-electron chi connectivity index (χ0n) is 24.7. The normalized spacial score (nSPS) is 17.0. The number of hydrogen-bond donors (Lipinski definition) is 1. The molecule has 1 atom stereocenters. The van der Waals surface area contributed by atoms with Crippen molar-refractivity contribution in [3.63, 3.8) is 0 Å². The maximum Gasteiger partial charge on any atom is 0.229 e. The van der Waals surface area contributed by atoms with Crippen LogP contribution in [0.1, 0.15) is 72.8 Å². The maximum atomic E-state index is 13.7. The third-order valence-electron chi connectivity index (χ3n) is 8.38. The molecule has 0 radical (unpaired) electrons. The lowest BCUT2D eigenvalue weighted by molar-refractivity contribution is -0.124. The largest absolute Gasteiger partial charge is 0.351 e. The summed E-state index contributed by atoms with van der Waals surface area (Å²) < 4.78 is 1.77. The molecule has 0 saturated heterocycles. The molecular weight excluding hydrogens is 532 g/mol. The molecular formula is C36H38N6O. The second kappa shape index (κ2) is 14.4. The van der Waals surface area contributed by atoms with E-state index >= 15 is 0 Å². The standard InChI is InChI=1S/C36H38N6O/c1-4-6-8-13-32-28(5-2)22-38-34(41-32)20-26-14-16-29(17-15-26)35(36(43)39-21-27-11-9-7-10-12-27)33-19-18-30(23-37-33)31-24-40-42(3)25-31/h1-2,7,9-12,18-19,22-26,29,35H,6,8,13-17,20-21H2,3H3,(H,39,43). The zero-order chi connectivity index (χ0) is 30.0. The number of pyridine rings is 1. The minimum atomic E-state index is -0.318. The van der Waals surface area contributed by atoms with Crippen molar-refractivity contribution in [3.05, 3.63) is 95.6 Å². The summed E-state index contributed by atoms with van der Waals surface area (Å²) in [6, 6.07) is 14.1. The number of aryl methyl sites for hydroxylation is 2. The topological polar surface area (TPSA) is 85.6 Å². The highest BCUT2D eigenvalue weighted by Gasteiger charge is 2.34. The lowest BCUT2D eigenvalue weighted by atomic mass is 9.73. The number of amides is 1. The second-order valence-corrected chi connectivity index (χ2v) is 11.4. The summed E-state index contributed by atoms with van der Waals surface area (Å²) in [7, 11) is 1.90. The maximum absolute atomic E-state index is 13.7. The average molecular weight is 571 g/mol. The van der Waals surface area contributed by atoms with E-state index < -0.39 is 0 Å². The molecule has 0 spiro atoms. The number of carbonyl (C=O) groups is 1. The molecule has 1 amide bonds. The third-order valence-corrected chi connectivity index (χ3v) is 8.38. The molecule has 1 aromatic carbocycles. The quantitative estimate of drug-likeness (QED) is 0.186. The predicted octanol–water partition coefficient (Wildman–Crippen LogP) is 5.66. The molecule has 7 nitrogen and oxygen atoms in total. The van der Waals surface area contributed by atoms with Gasteiger partial charge in [0.25, 0.3) is 0 Å². The first kappa shape index (κ1) is 29.7. The molecule has 5 rings (SSSR count). The van der Waals surface area contributed by atoms with E-state index in [0.717, 1.165) is 84.4 Å². The Bertz CT molecular complexity index is 1590. The number of benzene rings is 1. The molecule has 4 aromatic rings. The van der Waals surface area contributed by atoms with Gasteiger partial charge >= 0.3 is 0 Å². The molecule has 0 aliphatic heterocycles. The fourth-order valence-electron chi connectivity index (χ4n) is 6.02. The van der Waals surface area contributed by atoms with Gasteiger partial charge in [0.05, 0.1) is 29.1 Å². The van der Waals surface area contributed by atoms with Gasteiger partial charge in [-0.3, -0.25) is 14.5 Å². The predicted molar refractivity (Wildman–Crippen MR) is 168 cm³/mol. The number of aromatic nitrogens is 5. The summed E-state index contributed by atoms with van der Waals surface area (Å²) in [6.45, 7) is 0.494. The Balaban J connectivity index is 1.28. The van der Waals surface area contributed by atoms with Crippen molar-refractivity contribution in [2.24, 2.45) is 18.9 Å². The smallest absolute Gasteiger partial charge is 0.229 e. The minimum Gasteiger partial charge on any atom is -0.351 e. The number of rotatable bonds is 11. The van der Waals surface area contributed by atoms with Gasteiger partial charge in [0.15, 0.2) is 0 Å². The Morgan fingerprint density at radius 2 is 1.84 bits per heavy atom. The molecule has 0 bridgehead atoms. The molecule has 1 aliphatic rings. The van der Waals surface area contributed by atoms with Crippen LogP contribution >= 0.6 is 0 Å². The number of hydrogen-bond acceptors (Lipinski definition) is 5. The van der Waals surface area contributed by atoms with Gasteiger partial charge in [0.1, 0.15) is 5.82 Å². The SMILES string of the molecule is C#CCCCc1nc(CC2CCC(C(C(=O)NCc3ccccc3)c3ccc(-c4cnn(C)c4)cn3)CC2)ncc1C#C.